The van der Waals surface area contributed by atoms with Gasteiger partial charge in [-0.25, -0.2) is 4.79 Å². The predicted octanol–water partition coefficient (Wildman–Crippen LogP) is 3.11. The summed E-state index contributed by atoms with van der Waals surface area (Å²) in [7, 11) is 1.85. The van der Waals surface area contributed by atoms with Crippen molar-refractivity contribution in [3.8, 4) is 0 Å². The van der Waals surface area contributed by atoms with Gasteiger partial charge < -0.3 is 19.1 Å². The van der Waals surface area contributed by atoms with Gasteiger partial charge in [0.25, 0.3) is 0 Å². The zero-order valence-corrected chi connectivity index (χ0v) is 19.5. The van der Waals surface area contributed by atoms with Gasteiger partial charge in [-0.3, -0.25) is 4.90 Å². The van der Waals surface area contributed by atoms with Gasteiger partial charge in [-0.15, -0.1) is 0 Å². The summed E-state index contributed by atoms with van der Waals surface area (Å²) in [4.78, 5) is 23.7. The Bertz CT molecular complexity index is 878. The van der Waals surface area contributed by atoms with Crippen molar-refractivity contribution in [2.75, 3.05) is 53.0 Å². The third kappa shape index (κ3) is 5.30. The van der Waals surface area contributed by atoms with Crippen molar-refractivity contribution in [3.05, 3.63) is 47.1 Å². The average molecular weight is 442 g/mol. The van der Waals surface area contributed by atoms with Gasteiger partial charge in [0, 0.05) is 45.7 Å². The highest BCUT2D eigenvalue weighted by Gasteiger charge is 2.35. The van der Waals surface area contributed by atoms with Gasteiger partial charge in [0.2, 0.25) is 5.89 Å². The topological polar surface area (TPSA) is 74.9 Å². The molecule has 8 heteroatoms. The van der Waals surface area contributed by atoms with Crippen LogP contribution < -0.4 is 0 Å². The Hall–Kier alpha value is -2.45. The third-order valence-corrected chi connectivity index (χ3v) is 6.68. The number of benzene rings is 1. The SMILES string of the molecule is CCc1ccc(C2CC(c3nc(CN4CCOCC4)no3)CN(C(=O)N(C)CC)C2)cc1. The minimum atomic E-state index is 0.0275. The van der Waals surface area contributed by atoms with Crippen LogP contribution in [0.4, 0.5) is 4.79 Å². The molecule has 2 aromatic rings. The number of carbonyl (C=O) groups excluding carboxylic acids is 1. The minimum Gasteiger partial charge on any atom is -0.379 e. The number of likely N-dealkylation sites (tertiary alicyclic amines) is 1. The fourth-order valence-electron chi connectivity index (χ4n) is 4.53. The number of hydrogen-bond donors (Lipinski definition) is 0. The van der Waals surface area contributed by atoms with E-state index in [1.165, 1.54) is 11.1 Å². The van der Waals surface area contributed by atoms with E-state index in [-0.39, 0.29) is 17.9 Å². The molecule has 0 radical (unpaired) electrons. The molecule has 0 saturated carbocycles. The quantitative estimate of drug-likeness (QED) is 0.686. The number of urea groups is 1. The number of amides is 2. The van der Waals surface area contributed by atoms with Gasteiger partial charge in [0.05, 0.1) is 25.7 Å². The van der Waals surface area contributed by atoms with E-state index >= 15 is 0 Å². The van der Waals surface area contributed by atoms with E-state index in [9.17, 15) is 4.79 Å². The van der Waals surface area contributed by atoms with E-state index in [1.807, 2.05) is 18.9 Å². The largest absolute Gasteiger partial charge is 0.379 e. The molecular weight excluding hydrogens is 406 g/mol. The van der Waals surface area contributed by atoms with Crippen molar-refractivity contribution in [1.29, 1.82) is 0 Å². The lowest BCUT2D eigenvalue weighted by molar-refractivity contribution is 0.0327. The predicted molar refractivity (Wildman–Crippen MR) is 122 cm³/mol. The van der Waals surface area contributed by atoms with E-state index in [2.05, 4.69) is 41.2 Å². The molecule has 0 N–H and O–H groups in total. The van der Waals surface area contributed by atoms with Crippen LogP contribution in [-0.2, 0) is 17.7 Å². The van der Waals surface area contributed by atoms with Crippen molar-refractivity contribution < 1.29 is 14.1 Å². The van der Waals surface area contributed by atoms with Crippen molar-refractivity contribution in [3.63, 3.8) is 0 Å². The smallest absolute Gasteiger partial charge is 0.319 e. The molecule has 2 atom stereocenters. The van der Waals surface area contributed by atoms with Crippen LogP contribution in [0.2, 0.25) is 0 Å². The van der Waals surface area contributed by atoms with Crippen LogP contribution in [-0.4, -0.2) is 83.9 Å². The molecule has 2 aliphatic heterocycles. The zero-order valence-electron chi connectivity index (χ0n) is 19.5. The lowest BCUT2D eigenvalue weighted by Gasteiger charge is -2.38. The Kier molecular flexibility index (Phi) is 7.42. The van der Waals surface area contributed by atoms with Crippen LogP contribution in [0.3, 0.4) is 0 Å². The fourth-order valence-corrected chi connectivity index (χ4v) is 4.53. The number of hydrogen-bond acceptors (Lipinski definition) is 6. The monoisotopic (exact) mass is 441 g/mol. The van der Waals surface area contributed by atoms with E-state index in [0.29, 0.717) is 37.9 Å². The van der Waals surface area contributed by atoms with Gasteiger partial charge >= 0.3 is 6.03 Å². The molecule has 3 heterocycles. The second-order valence-corrected chi connectivity index (χ2v) is 8.86. The maximum absolute atomic E-state index is 13.0. The number of rotatable bonds is 6. The summed E-state index contributed by atoms with van der Waals surface area (Å²) in [5, 5.41) is 4.24. The van der Waals surface area contributed by atoms with Crippen LogP contribution in [0.25, 0.3) is 0 Å². The first-order chi connectivity index (χ1) is 15.6. The Morgan fingerprint density at radius 1 is 1.12 bits per heavy atom. The van der Waals surface area contributed by atoms with Gasteiger partial charge in [-0.1, -0.05) is 36.3 Å². The number of aromatic nitrogens is 2. The number of piperidine rings is 1. The second-order valence-electron chi connectivity index (χ2n) is 8.86. The van der Waals surface area contributed by atoms with Gasteiger partial charge in [-0.05, 0) is 30.9 Å². The summed E-state index contributed by atoms with van der Waals surface area (Å²) < 4.78 is 11.1. The highest BCUT2D eigenvalue weighted by Crippen LogP contribution is 2.36. The third-order valence-electron chi connectivity index (χ3n) is 6.68. The van der Waals surface area contributed by atoms with Crippen LogP contribution in [0, 0.1) is 0 Å². The van der Waals surface area contributed by atoms with Gasteiger partial charge in [-0.2, -0.15) is 4.98 Å². The first kappa shape index (κ1) is 22.7. The lowest BCUT2D eigenvalue weighted by Crippen LogP contribution is -2.47. The van der Waals surface area contributed by atoms with E-state index < -0.39 is 0 Å². The summed E-state index contributed by atoms with van der Waals surface area (Å²) >= 11 is 0. The molecule has 4 rings (SSSR count). The molecule has 2 fully saturated rings. The summed E-state index contributed by atoms with van der Waals surface area (Å²) in [6.07, 6.45) is 1.91. The van der Waals surface area contributed by atoms with Gasteiger partial charge in [0.15, 0.2) is 5.82 Å². The highest BCUT2D eigenvalue weighted by atomic mass is 16.5. The average Bonchev–Trinajstić information content (AvgIpc) is 3.32. The molecule has 2 amide bonds. The van der Waals surface area contributed by atoms with Crippen LogP contribution in [0.15, 0.2) is 28.8 Å². The molecule has 32 heavy (non-hydrogen) atoms. The Morgan fingerprint density at radius 2 is 1.84 bits per heavy atom. The van der Waals surface area contributed by atoms with Crippen molar-refractivity contribution in [2.45, 2.75) is 45.1 Å². The zero-order chi connectivity index (χ0) is 22.5. The summed E-state index contributed by atoms with van der Waals surface area (Å²) in [5.74, 6) is 1.61. The highest BCUT2D eigenvalue weighted by molar-refractivity contribution is 5.74. The molecule has 2 unspecified atom stereocenters. The van der Waals surface area contributed by atoms with Crippen LogP contribution in [0.1, 0.15) is 54.9 Å². The van der Waals surface area contributed by atoms with Crippen molar-refractivity contribution >= 4 is 6.03 Å². The fraction of sp³-hybridized carbons (Fsp3) is 0.625. The minimum absolute atomic E-state index is 0.0275. The maximum Gasteiger partial charge on any atom is 0.319 e. The number of carbonyl (C=O) groups is 1. The van der Waals surface area contributed by atoms with Gasteiger partial charge in [0.1, 0.15) is 0 Å². The Balaban J connectivity index is 1.52. The molecule has 8 nitrogen and oxygen atoms in total. The normalized spacial score (nSPS) is 22.2. The second kappa shape index (κ2) is 10.4. The van der Waals surface area contributed by atoms with E-state index in [4.69, 9.17) is 14.2 Å². The van der Waals surface area contributed by atoms with E-state index in [0.717, 1.165) is 39.1 Å². The summed E-state index contributed by atoms with van der Waals surface area (Å²) in [5.41, 5.74) is 2.58. The molecule has 0 bridgehead atoms. The number of morpholine rings is 1. The Labute approximate surface area is 190 Å². The number of aryl methyl sites for hydroxylation is 1. The number of nitrogens with zero attached hydrogens (tertiary/aromatic N) is 5. The summed E-state index contributed by atoms with van der Waals surface area (Å²) in [6.45, 7) is 10.1. The van der Waals surface area contributed by atoms with Crippen molar-refractivity contribution in [2.24, 2.45) is 0 Å². The van der Waals surface area contributed by atoms with E-state index in [1.54, 1.807) is 4.90 Å². The van der Waals surface area contributed by atoms with Crippen molar-refractivity contribution in [1.82, 2.24) is 24.8 Å². The first-order valence-electron chi connectivity index (χ1n) is 11.8. The Morgan fingerprint density at radius 3 is 2.53 bits per heavy atom. The lowest BCUT2D eigenvalue weighted by atomic mass is 9.84. The van der Waals surface area contributed by atoms with Crippen LogP contribution >= 0.6 is 0 Å². The maximum atomic E-state index is 13.0. The molecule has 0 aliphatic carbocycles. The molecule has 2 aliphatic rings. The molecule has 174 valence electrons. The number of ether oxygens (including phenoxy) is 1. The molecule has 2 saturated heterocycles. The first-order valence-corrected chi connectivity index (χ1v) is 11.8. The van der Waals surface area contributed by atoms with Crippen LogP contribution in [0.5, 0.6) is 0 Å². The molecule has 0 spiro atoms. The molecule has 1 aromatic heterocycles. The molecule has 1 aromatic carbocycles. The summed E-state index contributed by atoms with van der Waals surface area (Å²) in [6, 6.07) is 8.85. The standard InChI is InChI=1S/C24H35N5O3/c1-4-18-6-8-19(9-7-18)20-14-21(16-29(15-20)24(30)27(3)5-2)23-25-22(26-32-23)17-28-10-12-31-13-11-28/h6-9,20-21H,4-5,10-17H2,1-3H3. The molecular formula is C24H35N5O3.